The molecule has 0 radical (unpaired) electrons. The Hall–Kier alpha value is -1.16. The molecule has 0 amide bonds. The van der Waals surface area contributed by atoms with E-state index in [0.29, 0.717) is 24.8 Å². The molecule has 1 saturated heterocycles. The maximum absolute atomic E-state index is 13.2. The number of hydrogen-bond donors (Lipinski definition) is 1. The third-order valence-electron chi connectivity index (χ3n) is 4.42. The Bertz CT molecular complexity index is 584. The van der Waals surface area contributed by atoms with Crippen LogP contribution in [-0.4, -0.2) is 57.4 Å². The lowest BCUT2D eigenvalue weighted by molar-refractivity contribution is 0.0625. The molecule has 0 bridgehead atoms. The van der Waals surface area contributed by atoms with Gasteiger partial charge in [-0.1, -0.05) is 0 Å². The summed E-state index contributed by atoms with van der Waals surface area (Å²) in [4.78, 5) is 6.67. The number of nitrogens with zero attached hydrogens (tertiary/aromatic N) is 2. The number of rotatable bonds is 8. The fraction of sp³-hybridized carbons (Fsp3) is 0.632. The van der Waals surface area contributed by atoms with E-state index in [1.54, 1.807) is 0 Å². The number of aliphatic imine (C=N–C) groups is 1. The van der Waals surface area contributed by atoms with Gasteiger partial charge in [0.1, 0.15) is 12.4 Å². The minimum Gasteiger partial charge on any atom is -0.492 e. The van der Waals surface area contributed by atoms with Crippen molar-refractivity contribution in [1.82, 2.24) is 10.2 Å². The maximum atomic E-state index is 13.2. The Balaban J connectivity index is 0.00000364. The zero-order valence-electron chi connectivity index (χ0n) is 16.0. The maximum Gasteiger partial charge on any atom is 0.193 e. The predicted molar refractivity (Wildman–Crippen MR) is 114 cm³/mol. The van der Waals surface area contributed by atoms with Crippen LogP contribution in [0, 0.1) is 17.6 Å². The number of benzene rings is 1. The SMILES string of the molecule is CCNC(=NCCOc1ccc(F)c(F)c1)N(C)CCC1CCOCC1.I. The Labute approximate surface area is 177 Å². The highest BCUT2D eigenvalue weighted by molar-refractivity contribution is 14.0. The van der Waals surface area contributed by atoms with Crippen LogP contribution in [-0.2, 0) is 4.74 Å². The van der Waals surface area contributed by atoms with Crippen molar-refractivity contribution < 1.29 is 18.3 Å². The summed E-state index contributed by atoms with van der Waals surface area (Å²) in [5, 5.41) is 3.27. The molecule has 0 aromatic heterocycles. The Morgan fingerprint density at radius 2 is 2.04 bits per heavy atom. The summed E-state index contributed by atoms with van der Waals surface area (Å²) in [6, 6.07) is 3.51. The standard InChI is InChI=1S/C19H29F2N3O2.HI/c1-3-22-19(24(2)10-6-15-7-11-25-12-8-15)23-9-13-26-16-4-5-17(20)18(21)14-16;/h4-5,14-15H,3,6-13H2,1-2H3,(H,22,23);1H. The van der Waals surface area contributed by atoms with E-state index in [-0.39, 0.29) is 24.0 Å². The van der Waals surface area contributed by atoms with Crippen LogP contribution >= 0.6 is 24.0 Å². The number of hydrogen-bond acceptors (Lipinski definition) is 3. The molecule has 1 aliphatic rings. The van der Waals surface area contributed by atoms with Crippen molar-refractivity contribution in [3.63, 3.8) is 0 Å². The van der Waals surface area contributed by atoms with E-state index >= 15 is 0 Å². The first-order valence-electron chi connectivity index (χ1n) is 9.25. The molecule has 1 fully saturated rings. The van der Waals surface area contributed by atoms with Gasteiger partial charge >= 0.3 is 0 Å². The molecule has 0 unspecified atom stereocenters. The lowest BCUT2D eigenvalue weighted by Gasteiger charge is -2.26. The van der Waals surface area contributed by atoms with Gasteiger partial charge in [-0.25, -0.2) is 13.8 Å². The monoisotopic (exact) mass is 497 g/mol. The van der Waals surface area contributed by atoms with Crippen molar-refractivity contribution in [3.8, 4) is 5.75 Å². The third-order valence-corrected chi connectivity index (χ3v) is 4.42. The topological polar surface area (TPSA) is 46.1 Å². The molecule has 2 rings (SSSR count). The van der Waals surface area contributed by atoms with Gasteiger partial charge in [-0.2, -0.15) is 0 Å². The van der Waals surface area contributed by atoms with E-state index in [2.05, 4.69) is 15.2 Å². The van der Waals surface area contributed by atoms with Crippen LogP contribution in [0.25, 0.3) is 0 Å². The van der Waals surface area contributed by atoms with Gasteiger partial charge in [0, 0.05) is 39.4 Å². The molecule has 154 valence electrons. The Morgan fingerprint density at radius 1 is 1.30 bits per heavy atom. The molecular formula is C19H30F2IN3O2. The minimum atomic E-state index is -0.910. The molecule has 5 nitrogen and oxygen atoms in total. The van der Waals surface area contributed by atoms with Gasteiger partial charge in [-0.15, -0.1) is 24.0 Å². The van der Waals surface area contributed by atoms with Gasteiger partial charge in [0.05, 0.1) is 6.54 Å². The third kappa shape index (κ3) is 8.59. The summed E-state index contributed by atoms with van der Waals surface area (Å²) in [7, 11) is 2.02. The van der Waals surface area contributed by atoms with Crippen LogP contribution in [0.4, 0.5) is 8.78 Å². The second-order valence-electron chi connectivity index (χ2n) is 6.43. The lowest BCUT2D eigenvalue weighted by atomic mass is 9.96. The normalized spacial score (nSPS) is 15.2. The predicted octanol–water partition coefficient (Wildman–Crippen LogP) is 3.68. The summed E-state index contributed by atoms with van der Waals surface area (Å²) in [6.45, 7) is 6.20. The van der Waals surface area contributed by atoms with Gasteiger partial charge in [0.15, 0.2) is 17.6 Å². The molecular weight excluding hydrogens is 467 g/mol. The first-order valence-corrected chi connectivity index (χ1v) is 9.25. The Kier molecular flexibility index (Phi) is 11.6. The van der Waals surface area contributed by atoms with Gasteiger partial charge in [-0.05, 0) is 44.2 Å². The van der Waals surface area contributed by atoms with Gasteiger partial charge < -0.3 is 19.7 Å². The number of ether oxygens (including phenoxy) is 2. The van der Waals surface area contributed by atoms with Gasteiger partial charge in [0.25, 0.3) is 0 Å². The highest BCUT2D eigenvalue weighted by Gasteiger charge is 2.15. The minimum absolute atomic E-state index is 0. The molecule has 27 heavy (non-hydrogen) atoms. The number of nitrogens with one attached hydrogen (secondary N) is 1. The highest BCUT2D eigenvalue weighted by Crippen LogP contribution is 2.18. The second-order valence-corrected chi connectivity index (χ2v) is 6.43. The van der Waals surface area contributed by atoms with Crippen molar-refractivity contribution in [2.45, 2.75) is 26.2 Å². The average molecular weight is 497 g/mol. The van der Waals surface area contributed by atoms with Gasteiger partial charge in [-0.3, -0.25) is 0 Å². The number of halogens is 3. The van der Waals surface area contributed by atoms with Crippen LogP contribution < -0.4 is 10.1 Å². The van der Waals surface area contributed by atoms with Crippen LogP contribution in [0.5, 0.6) is 5.75 Å². The summed E-state index contributed by atoms with van der Waals surface area (Å²) < 4.78 is 36.9. The fourth-order valence-electron chi connectivity index (χ4n) is 2.87. The molecule has 0 spiro atoms. The van der Waals surface area contributed by atoms with Crippen molar-refractivity contribution in [1.29, 1.82) is 0 Å². The van der Waals surface area contributed by atoms with E-state index in [4.69, 9.17) is 9.47 Å². The van der Waals surface area contributed by atoms with Crippen molar-refractivity contribution >= 4 is 29.9 Å². The summed E-state index contributed by atoms with van der Waals surface area (Å²) >= 11 is 0. The molecule has 1 aliphatic heterocycles. The molecule has 1 aromatic carbocycles. The zero-order chi connectivity index (χ0) is 18.8. The van der Waals surface area contributed by atoms with Crippen LogP contribution in [0.15, 0.2) is 23.2 Å². The molecule has 8 heteroatoms. The highest BCUT2D eigenvalue weighted by atomic mass is 127. The first kappa shape index (κ1) is 23.9. The van der Waals surface area contributed by atoms with Crippen molar-refractivity contribution in [2.75, 3.05) is 46.5 Å². The van der Waals surface area contributed by atoms with Crippen LogP contribution in [0.1, 0.15) is 26.2 Å². The first-order chi connectivity index (χ1) is 12.6. The average Bonchev–Trinajstić information content (AvgIpc) is 2.66. The molecule has 0 saturated carbocycles. The number of guanidine groups is 1. The molecule has 1 N–H and O–H groups in total. The largest absolute Gasteiger partial charge is 0.492 e. The summed E-state index contributed by atoms with van der Waals surface area (Å²) in [6.07, 6.45) is 3.38. The zero-order valence-corrected chi connectivity index (χ0v) is 18.4. The van der Waals surface area contributed by atoms with E-state index < -0.39 is 11.6 Å². The van der Waals surface area contributed by atoms with Crippen LogP contribution in [0.3, 0.4) is 0 Å². The lowest BCUT2D eigenvalue weighted by Crippen LogP contribution is -2.40. The summed E-state index contributed by atoms with van der Waals surface area (Å²) in [5.41, 5.74) is 0. The molecule has 1 heterocycles. The molecule has 0 atom stereocenters. The second kappa shape index (κ2) is 13.1. The van der Waals surface area contributed by atoms with Gasteiger partial charge in [0.2, 0.25) is 0 Å². The summed E-state index contributed by atoms with van der Waals surface area (Å²) in [5.74, 6) is 0.0549. The van der Waals surface area contributed by atoms with Crippen molar-refractivity contribution in [3.05, 3.63) is 29.8 Å². The fourth-order valence-corrected chi connectivity index (χ4v) is 2.87. The molecule has 1 aromatic rings. The smallest absolute Gasteiger partial charge is 0.193 e. The Morgan fingerprint density at radius 3 is 2.70 bits per heavy atom. The quantitative estimate of drug-likeness (QED) is 0.258. The van der Waals surface area contributed by atoms with E-state index in [9.17, 15) is 8.78 Å². The van der Waals surface area contributed by atoms with E-state index in [1.165, 1.54) is 6.07 Å². The van der Waals surface area contributed by atoms with E-state index in [0.717, 1.165) is 63.7 Å². The van der Waals surface area contributed by atoms with Crippen molar-refractivity contribution in [2.24, 2.45) is 10.9 Å². The molecule has 0 aliphatic carbocycles. The van der Waals surface area contributed by atoms with E-state index in [1.807, 2.05) is 14.0 Å². The van der Waals surface area contributed by atoms with Crippen LogP contribution in [0.2, 0.25) is 0 Å².